The Kier molecular flexibility index (Phi) is 4.94. The molecule has 2 atom stereocenters. The smallest absolute Gasteiger partial charge is 0.239 e. The molecule has 3 fully saturated rings. The van der Waals surface area contributed by atoms with E-state index in [0.29, 0.717) is 44.8 Å². The van der Waals surface area contributed by atoms with Gasteiger partial charge in [0.05, 0.1) is 12.1 Å². The maximum Gasteiger partial charge on any atom is 0.239 e. The molecule has 1 aromatic heterocycles. The Hall–Kier alpha value is -1.93. The van der Waals surface area contributed by atoms with Crippen LogP contribution < -0.4 is 5.32 Å². The summed E-state index contributed by atoms with van der Waals surface area (Å²) < 4.78 is 1.65. The number of aryl methyl sites for hydroxylation is 1. The summed E-state index contributed by atoms with van der Waals surface area (Å²) in [7, 11) is 1.81. The Morgan fingerprint density at radius 1 is 1.30 bits per heavy atom. The number of carbonyl (C=O) groups excluding carboxylic acids is 2. The zero-order chi connectivity index (χ0) is 19.0. The number of hydrogen-bond donors (Lipinski definition) is 2. The van der Waals surface area contributed by atoms with Gasteiger partial charge in [-0.2, -0.15) is 5.10 Å². The van der Waals surface area contributed by atoms with Crippen LogP contribution in [-0.2, 0) is 16.6 Å². The van der Waals surface area contributed by atoms with Gasteiger partial charge in [0.25, 0.3) is 0 Å². The van der Waals surface area contributed by atoms with Crippen molar-refractivity contribution in [3.63, 3.8) is 0 Å². The fraction of sp³-hybridized carbons (Fsp3) is 0.737. The normalized spacial score (nSPS) is 29.1. The van der Waals surface area contributed by atoms with Gasteiger partial charge >= 0.3 is 0 Å². The van der Waals surface area contributed by atoms with Gasteiger partial charge in [0.15, 0.2) is 5.82 Å². The van der Waals surface area contributed by atoms with Crippen molar-refractivity contribution in [3.8, 4) is 0 Å². The molecule has 1 saturated carbocycles. The van der Waals surface area contributed by atoms with Crippen molar-refractivity contribution in [3.05, 3.63) is 12.3 Å². The standard InChI is InChI=1S/C19H29N5O3/c1-22-8-5-16(21-22)20-17(25)13-23-9-6-19(27)7-10-24(12-15(19)11-23)18(26)14-3-2-4-14/h5,8,14-15,27H,2-4,6-7,9-13H2,1H3,(H,20,21,25)/t15-,19-/m1/s1. The Morgan fingerprint density at radius 3 is 2.74 bits per heavy atom. The van der Waals surface area contributed by atoms with Crippen molar-refractivity contribution >= 4 is 17.6 Å². The van der Waals surface area contributed by atoms with Gasteiger partial charge in [-0.05, 0) is 25.7 Å². The Labute approximate surface area is 159 Å². The highest BCUT2D eigenvalue weighted by molar-refractivity contribution is 5.91. The number of anilines is 1. The molecule has 0 aromatic carbocycles. The maximum atomic E-state index is 12.6. The van der Waals surface area contributed by atoms with Crippen LogP contribution in [0.3, 0.4) is 0 Å². The second-order valence-corrected chi connectivity index (χ2v) is 8.37. The molecule has 27 heavy (non-hydrogen) atoms. The molecule has 2 aliphatic heterocycles. The molecule has 4 rings (SSSR count). The number of amides is 2. The highest BCUT2D eigenvalue weighted by Crippen LogP contribution is 2.37. The van der Waals surface area contributed by atoms with Crippen LogP contribution in [0.15, 0.2) is 12.3 Å². The first-order valence-corrected chi connectivity index (χ1v) is 9.96. The SMILES string of the molecule is Cn1ccc(NC(=O)CN2CC[C@@]3(O)CCN(C(=O)C4CCC4)C[C@H]3C2)n1. The van der Waals surface area contributed by atoms with E-state index in [2.05, 4.69) is 15.3 Å². The van der Waals surface area contributed by atoms with Crippen LogP contribution in [0, 0.1) is 11.8 Å². The monoisotopic (exact) mass is 375 g/mol. The molecule has 3 aliphatic rings. The molecule has 2 N–H and O–H groups in total. The van der Waals surface area contributed by atoms with E-state index in [4.69, 9.17) is 0 Å². The Bertz CT molecular complexity index is 716. The third kappa shape index (κ3) is 3.87. The number of piperidine rings is 2. The van der Waals surface area contributed by atoms with Crippen LogP contribution in [0.5, 0.6) is 0 Å². The zero-order valence-corrected chi connectivity index (χ0v) is 15.9. The predicted molar refractivity (Wildman–Crippen MR) is 99.9 cm³/mol. The van der Waals surface area contributed by atoms with Crippen LogP contribution in [-0.4, -0.2) is 74.8 Å². The number of aromatic nitrogens is 2. The molecule has 0 bridgehead atoms. The number of rotatable bonds is 4. The van der Waals surface area contributed by atoms with Gasteiger partial charge in [-0.3, -0.25) is 19.2 Å². The number of nitrogens with zero attached hydrogens (tertiary/aromatic N) is 4. The van der Waals surface area contributed by atoms with E-state index in [1.807, 2.05) is 4.90 Å². The second-order valence-electron chi connectivity index (χ2n) is 8.37. The van der Waals surface area contributed by atoms with Crippen molar-refractivity contribution in [1.29, 1.82) is 0 Å². The lowest BCUT2D eigenvalue weighted by molar-refractivity contribution is -0.153. The molecular formula is C19H29N5O3. The van der Waals surface area contributed by atoms with Crippen LogP contribution in [0.25, 0.3) is 0 Å². The van der Waals surface area contributed by atoms with Crippen molar-refractivity contribution in [2.45, 2.75) is 37.7 Å². The molecule has 0 unspecified atom stereocenters. The summed E-state index contributed by atoms with van der Waals surface area (Å²) in [5.74, 6) is 0.906. The van der Waals surface area contributed by atoms with Crippen molar-refractivity contribution in [2.75, 3.05) is 38.0 Å². The van der Waals surface area contributed by atoms with Crippen LogP contribution >= 0.6 is 0 Å². The highest BCUT2D eigenvalue weighted by atomic mass is 16.3. The Morgan fingerprint density at radius 2 is 2.07 bits per heavy atom. The van der Waals surface area contributed by atoms with E-state index in [1.54, 1.807) is 24.0 Å². The molecule has 148 valence electrons. The summed E-state index contributed by atoms with van der Waals surface area (Å²) in [6.45, 7) is 2.87. The van der Waals surface area contributed by atoms with Gasteiger partial charge in [0.1, 0.15) is 0 Å². The van der Waals surface area contributed by atoms with Crippen molar-refractivity contribution in [2.24, 2.45) is 18.9 Å². The average molecular weight is 375 g/mol. The van der Waals surface area contributed by atoms with E-state index in [9.17, 15) is 14.7 Å². The Balaban J connectivity index is 1.33. The molecule has 0 radical (unpaired) electrons. The highest BCUT2D eigenvalue weighted by Gasteiger charge is 2.46. The maximum absolute atomic E-state index is 12.6. The first-order valence-electron chi connectivity index (χ1n) is 9.96. The molecule has 2 amide bonds. The average Bonchev–Trinajstić information content (AvgIpc) is 2.97. The molecule has 8 nitrogen and oxygen atoms in total. The third-order valence-electron chi connectivity index (χ3n) is 6.47. The number of hydrogen-bond acceptors (Lipinski definition) is 5. The van der Waals surface area contributed by atoms with Gasteiger partial charge in [0.2, 0.25) is 11.8 Å². The molecule has 0 spiro atoms. The lowest BCUT2D eigenvalue weighted by Crippen LogP contribution is -2.61. The minimum atomic E-state index is -0.704. The topological polar surface area (TPSA) is 90.7 Å². The van der Waals surface area contributed by atoms with Crippen LogP contribution in [0.4, 0.5) is 5.82 Å². The molecule has 1 aliphatic carbocycles. The van der Waals surface area contributed by atoms with Gasteiger partial charge in [0, 0.05) is 57.3 Å². The molecule has 8 heteroatoms. The third-order valence-corrected chi connectivity index (χ3v) is 6.47. The largest absolute Gasteiger partial charge is 0.389 e. The van der Waals surface area contributed by atoms with E-state index in [0.717, 1.165) is 19.3 Å². The van der Waals surface area contributed by atoms with Gasteiger partial charge in [-0.15, -0.1) is 0 Å². The fourth-order valence-corrected chi connectivity index (χ4v) is 4.50. The molecule has 1 aromatic rings. The summed E-state index contributed by atoms with van der Waals surface area (Å²) in [5.41, 5.74) is -0.704. The molecule has 3 heterocycles. The molecular weight excluding hydrogens is 346 g/mol. The number of fused-ring (bicyclic) bond motifs is 1. The van der Waals surface area contributed by atoms with E-state index in [1.165, 1.54) is 0 Å². The summed E-state index contributed by atoms with van der Waals surface area (Å²) in [6.07, 6.45) is 6.24. The van der Waals surface area contributed by atoms with Crippen LogP contribution in [0.2, 0.25) is 0 Å². The summed E-state index contributed by atoms with van der Waals surface area (Å²) in [5, 5.41) is 18.0. The van der Waals surface area contributed by atoms with Crippen molar-refractivity contribution < 1.29 is 14.7 Å². The van der Waals surface area contributed by atoms with Gasteiger partial charge < -0.3 is 15.3 Å². The predicted octanol–water partition coefficient (Wildman–Crippen LogP) is 0.444. The van der Waals surface area contributed by atoms with E-state index in [-0.39, 0.29) is 30.2 Å². The first kappa shape index (κ1) is 18.4. The van der Waals surface area contributed by atoms with Gasteiger partial charge in [-0.1, -0.05) is 6.42 Å². The minimum Gasteiger partial charge on any atom is -0.389 e. The zero-order valence-electron chi connectivity index (χ0n) is 15.9. The first-order chi connectivity index (χ1) is 12.9. The summed E-state index contributed by atoms with van der Waals surface area (Å²) in [4.78, 5) is 28.9. The minimum absolute atomic E-state index is 0.00618. The summed E-state index contributed by atoms with van der Waals surface area (Å²) >= 11 is 0. The number of nitrogens with one attached hydrogen (secondary N) is 1. The number of carbonyl (C=O) groups is 2. The van der Waals surface area contributed by atoms with E-state index >= 15 is 0 Å². The van der Waals surface area contributed by atoms with E-state index < -0.39 is 5.60 Å². The lowest BCUT2D eigenvalue weighted by atomic mass is 9.75. The number of likely N-dealkylation sites (tertiary alicyclic amines) is 2. The lowest BCUT2D eigenvalue weighted by Gasteiger charge is -2.50. The van der Waals surface area contributed by atoms with Gasteiger partial charge in [-0.25, -0.2) is 0 Å². The molecule has 2 saturated heterocycles. The summed E-state index contributed by atoms with van der Waals surface area (Å²) in [6, 6.07) is 1.76. The number of aliphatic hydroxyl groups is 1. The fourth-order valence-electron chi connectivity index (χ4n) is 4.50. The quantitative estimate of drug-likeness (QED) is 0.797. The van der Waals surface area contributed by atoms with Crippen molar-refractivity contribution in [1.82, 2.24) is 19.6 Å². The second kappa shape index (κ2) is 7.24. The van der Waals surface area contributed by atoms with Crippen LogP contribution in [0.1, 0.15) is 32.1 Å².